The summed E-state index contributed by atoms with van der Waals surface area (Å²) < 4.78 is 19.4. The van der Waals surface area contributed by atoms with E-state index in [2.05, 4.69) is 5.32 Å². The first-order valence-corrected chi connectivity index (χ1v) is 9.00. The molecule has 142 valence electrons. The molecular weight excluding hydrogens is 373 g/mol. The Balaban J connectivity index is 1.62. The Labute approximate surface area is 161 Å². The highest BCUT2D eigenvalue weighted by Gasteiger charge is 2.31. The third kappa shape index (κ3) is 4.64. The molecule has 1 fully saturated rings. The van der Waals surface area contributed by atoms with Gasteiger partial charge in [0.25, 0.3) is 0 Å². The Bertz CT molecular complexity index is 858. The number of ether oxygens (including phenoxy) is 1. The van der Waals surface area contributed by atoms with E-state index in [0.29, 0.717) is 30.6 Å². The molecule has 2 atom stereocenters. The minimum atomic E-state index is -1.01. The molecule has 27 heavy (non-hydrogen) atoms. The summed E-state index contributed by atoms with van der Waals surface area (Å²) in [7, 11) is 0. The molecule has 0 radical (unpaired) electrons. The molecule has 2 unspecified atom stereocenters. The number of nitrogens with one attached hydrogen (secondary N) is 1. The molecule has 2 aromatic rings. The number of rotatable bonds is 6. The molecule has 0 aromatic heterocycles. The summed E-state index contributed by atoms with van der Waals surface area (Å²) in [4.78, 5) is 23.6. The van der Waals surface area contributed by atoms with Gasteiger partial charge < -0.3 is 15.2 Å². The third-order valence-corrected chi connectivity index (χ3v) is 4.89. The molecule has 7 heteroatoms. The van der Waals surface area contributed by atoms with Gasteiger partial charge in [0.15, 0.2) is 0 Å². The van der Waals surface area contributed by atoms with Crippen molar-refractivity contribution in [3.8, 4) is 0 Å². The summed E-state index contributed by atoms with van der Waals surface area (Å²) in [5.74, 6) is -1.75. The van der Waals surface area contributed by atoms with Crippen molar-refractivity contribution in [2.24, 2.45) is 0 Å². The van der Waals surface area contributed by atoms with Crippen LogP contribution >= 0.6 is 11.6 Å². The zero-order chi connectivity index (χ0) is 19.4. The standard InChI is InChI=1S/C20H19ClFNO4/c21-15-7-5-13(11-16(15)22)19-17(9-10-27-19)23-18(24)8-6-12-3-1-2-4-14(12)20(25)26/h1-5,7,11,17,19H,6,8-10H2,(H,23,24)(H,25,26). The van der Waals surface area contributed by atoms with E-state index in [-0.39, 0.29) is 29.0 Å². The number of hydrogen-bond donors (Lipinski definition) is 2. The second-order valence-electron chi connectivity index (χ2n) is 6.39. The van der Waals surface area contributed by atoms with Gasteiger partial charge in [-0.1, -0.05) is 35.9 Å². The maximum Gasteiger partial charge on any atom is 0.335 e. The van der Waals surface area contributed by atoms with E-state index in [0.717, 1.165) is 0 Å². The quantitative estimate of drug-likeness (QED) is 0.786. The summed E-state index contributed by atoms with van der Waals surface area (Å²) in [6, 6.07) is 10.8. The second-order valence-corrected chi connectivity index (χ2v) is 6.80. The smallest absolute Gasteiger partial charge is 0.335 e. The van der Waals surface area contributed by atoms with Gasteiger partial charge in [0.2, 0.25) is 5.91 Å². The van der Waals surface area contributed by atoms with Gasteiger partial charge in [0.1, 0.15) is 11.9 Å². The van der Waals surface area contributed by atoms with E-state index < -0.39 is 17.9 Å². The van der Waals surface area contributed by atoms with Crippen LogP contribution in [0.1, 0.15) is 40.4 Å². The maximum absolute atomic E-state index is 13.7. The molecule has 5 nitrogen and oxygen atoms in total. The lowest BCUT2D eigenvalue weighted by Gasteiger charge is -2.20. The zero-order valence-electron chi connectivity index (χ0n) is 14.5. The Kier molecular flexibility index (Phi) is 6.08. The lowest BCUT2D eigenvalue weighted by molar-refractivity contribution is -0.122. The first-order valence-electron chi connectivity index (χ1n) is 8.63. The minimum absolute atomic E-state index is 0.0365. The number of carbonyl (C=O) groups is 2. The molecule has 0 aliphatic carbocycles. The van der Waals surface area contributed by atoms with Crippen LogP contribution in [0.15, 0.2) is 42.5 Å². The highest BCUT2D eigenvalue weighted by molar-refractivity contribution is 6.30. The summed E-state index contributed by atoms with van der Waals surface area (Å²) in [6.07, 6.45) is 0.656. The van der Waals surface area contributed by atoms with Crippen molar-refractivity contribution in [3.05, 3.63) is 70.0 Å². The molecule has 1 saturated heterocycles. The highest BCUT2D eigenvalue weighted by atomic mass is 35.5. The first-order chi connectivity index (χ1) is 13.0. The van der Waals surface area contributed by atoms with Crippen molar-refractivity contribution in [2.45, 2.75) is 31.4 Å². The molecule has 2 N–H and O–H groups in total. The van der Waals surface area contributed by atoms with E-state index in [9.17, 15) is 19.1 Å². The molecule has 1 amide bonds. The SMILES string of the molecule is O=C(CCc1ccccc1C(=O)O)NC1CCOC1c1ccc(Cl)c(F)c1. The number of halogens is 2. The Morgan fingerprint density at radius 3 is 2.78 bits per heavy atom. The van der Waals surface area contributed by atoms with Gasteiger partial charge >= 0.3 is 5.97 Å². The van der Waals surface area contributed by atoms with Crippen LogP contribution in [0.25, 0.3) is 0 Å². The van der Waals surface area contributed by atoms with Crippen LogP contribution < -0.4 is 5.32 Å². The second kappa shape index (κ2) is 8.50. The number of amides is 1. The van der Waals surface area contributed by atoms with E-state index in [1.807, 2.05) is 0 Å². The average Bonchev–Trinajstić information content (AvgIpc) is 3.10. The van der Waals surface area contributed by atoms with Crippen molar-refractivity contribution in [1.82, 2.24) is 5.32 Å². The predicted octanol–water partition coefficient (Wildman–Crippen LogP) is 3.76. The lowest BCUT2D eigenvalue weighted by Crippen LogP contribution is -2.37. The third-order valence-electron chi connectivity index (χ3n) is 4.58. The lowest BCUT2D eigenvalue weighted by atomic mass is 10.0. The fraction of sp³-hybridized carbons (Fsp3) is 0.300. The van der Waals surface area contributed by atoms with Gasteiger partial charge in [-0.2, -0.15) is 0 Å². The molecule has 0 saturated carbocycles. The van der Waals surface area contributed by atoms with Crippen LogP contribution in [-0.4, -0.2) is 29.6 Å². The Hall–Kier alpha value is -2.44. The number of hydrogen-bond acceptors (Lipinski definition) is 3. The van der Waals surface area contributed by atoms with Crippen molar-refractivity contribution < 1.29 is 23.8 Å². The molecule has 1 aliphatic rings. The monoisotopic (exact) mass is 391 g/mol. The van der Waals surface area contributed by atoms with Crippen LogP contribution in [-0.2, 0) is 16.0 Å². The van der Waals surface area contributed by atoms with E-state index in [1.165, 1.54) is 18.2 Å². The summed E-state index contributed by atoms with van der Waals surface area (Å²) in [6.45, 7) is 0.460. The molecule has 3 rings (SSSR count). The molecule has 0 bridgehead atoms. The van der Waals surface area contributed by atoms with Crippen LogP contribution in [0.4, 0.5) is 4.39 Å². The van der Waals surface area contributed by atoms with Gasteiger partial charge in [-0.05, 0) is 42.2 Å². The van der Waals surface area contributed by atoms with E-state index in [1.54, 1.807) is 24.3 Å². The van der Waals surface area contributed by atoms with Gasteiger partial charge in [-0.15, -0.1) is 0 Å². The van der Waals surface area contributed by atoms with Crippen LogP contribution in [0.2, 0.25) is 5.02 Å². The molecule has 2 aromatic carbocycles. The summed E-state index contributed by atoms with van der Waals surface area (Å²) >= 11 is 5.72. The Morgan fingerprint density at radius 2 is 2.04 bits per heavy atom. The van der Waals surface area contributed by atoms with Crippen molar-refractivity contribution in [1.29, 1.82) is 0 Å². The number of carboxylic acids is 1. The van der Waals surface area contributed by atoms with Crippen LogP contribution in [0.3, 0.4) is 0 Å². The molecule has 0 spiro atoms. The van der Waals surface area contributed by atoms with Gasteiger partial charge in [0, 0.05) is 13.0 Å². The first kappa shape index (κ1) is 19.3. The topological polar surface area (TPSA) is 75.6 Å². The van der Waals surface area contributed by atoms with Crippen LogP contribution in [0, 0.1) is 5.82 Å². The Morgan fingerprint density at radius 1 is 1.26 bits per heavy atom. The predicted molar refractivity (Wildman–Crippen MR) is 98.4 cm³/mol. The number of aromatic carboxylic acids is 1. The summed E-state index contributed by atoms with van der Waals surface area (Å²) in [5, 5.41) is 12.2. The molecule has 1 aliphatic heterocycles. The number of benzene rings is 2. The van der Waals surface area contributed by atoms with E-state index in [4.69, 9.17) is 16.3 Å². The molecule has 1 heterocycles. The normalized spacial score (nSPS) is 19.0. The summed E-state index contributed by atoms with van der Waals surface area (Å²) in [5.41, 5.74) is 1.43. The fourth-order valence-corrected chi connectivity index (χ4v) is 3.35. The van der Waals surface area contributed by atoms with Crippen LogP contribution in [0.5, 0.6) is 0 Å². The zero-order valence-corrected chi connectivity index (χ0v) is 15.2. The molecular formula is C20H19ClFNO4. The van der Waals surface area contributed by atoms with Gasteiger partial charge in [-0.25, -0.2) is 9.18 Å². The largest absolute Gasteiger partial charge is 0.478 e. The van der Waals surface area contributed by atoms with Crippen molar-refractivity contribution in [2.75, 3.05) is 6.61 Å². The average molecular weight is 392 g/mol. The fourth-order valence-electron chi connectivity index (χ4n) is 3.23. The number of aryl methyl sites for hydroxylation is 1. The number of carbonyl (C=O) groups excluding carboxylic acids is 1. The van der Waals surface area contributed by atoms with Crippen molar-refractivity contribution >= 4 is 23.5 Å². The van der Waals surface area contributed by atoms with Gasteiger partial charge in [0.05, 0.1) is 16.6 Å². The maximum atomic E-state index is 13.7. The highest BCUT2D eigenvalue weighted by Crippen LogP contribution is 2.31. The number of carboxylic acid groups (broad SMARTS) is 1. The van der Waals surface area contributed by atoms with Gasteiger partial charge in [-0.3, -0.25) is 4.79 Å². The van der Waals surface area contributed by atoms with E-state index >= 15 is 0 Å². The minimum Gasteiger partial charge on any atom is -0.478 e. The van der Waals surface area contributed by atoms with Crippen molar-refractivity contribution in [3.63, 3.8) is 0 Å².